The second-order valence-electron chi connectivity index (χ2n) is 2.42. The summed E-state index contributed by atoms with van der Waals surface area (Å²) in [6, 6.07) is 0. The summed E-state index contributed by atoms with van der Waals surface area (Å²) in [6.45, 7) is 8.20. The largest absolute Gasteiger partial charge is 0.357 e. The minimum Gasteiger partial charge on any atom is -0.357 e. The molecule has 13 heavy (non-hydrogen) atoms. The normalized spacial score (nSPS) is 11.1. The van der Waals surface area contributed by atoms with Crippen molar-refractivity contribution < 1.29 is 0 Å². The van der Waals surface area contributed by atoms with Gasteiger partial charge in [-0.3, -0.25) is 4.99 Å². The Morgan fingerprint density at radius 1 is 1.54 bits per heavy atom. The van der Waals surface area contributed by atoms with Crippen LogP contribution in [0.5, 0.6) is 0 Å². The lowest BCUT2D eigenvalue weighted by Gasteiger charge is -2.08. The molecule has 0 aliphatic heterocycles. The summed E-state index contributed by atoms with van der Waals surface area (Å²) >= 11 is 1.80. The van der Waals surface area contributed by atoms with Gasteiger partial charge < -0.3 is 10.6 Å². The van der Waals surface area contributed by atoms with E-state index in [2.05, 4.69) is 35.4 Å². The van der Waals surface area contributed by atoms with Gasteiger partial charge in [0.05, 0.1) is 6.54 Å². The molecule has 4 heteroatoms. The maximum absolute atomic E-state index is 4.37. The van der Waals surface area contributed by atoms with Crippen LogP contribution in [-0.4, -0.2) is 37.6 Å². The summed E-state index contributed by atoms with van der Waals surface area (Å²) in [6.07, 6.45) is 3.90. The summed E-state index contributed by atoms with van der Waals surface area (Å²) in [5.74, 6) is 1.93. The fourth-order valence-corrected chi connectivity index (χ4v) is 1.03. The van der Waals surface area contributed by atoms with Crippen molar-refractivity contribution in [2.45, 2.75) is 6.92 Å². The fourth-order valence-electron chi connectivity index (χ4n) is 0.759. The highest BCUT2D eigenvalue weighted by Crippen LogP contribution is 1.89. The van der Waals surface area contributed by atoms with Gasteiger partial charge in [-0.15, -0.1) is 6.58 Å². The Balaban J connectivity index is 3.75. The van der Waals surface area contributed by atoms with Gasteiger partial charge in [0.15, 0.2) is 5.96 Å². The van der Waals surface area contributed by atoms with Gasteiger partial charge in [0, 0.05) is 18.8 Å². The van der Waals surface area contributed by atoms with Crippen LogP contribution in [0.25, 0.3) is 0 Å². The molecular weight excluding hydrogens is 182 g/mol. The lowest BCUT2D eigenvalue weighted by Crippen LogP contribution is -2.37. The lowest BCUT2D eigenvalue weighted by molar-refractivity contribution is 0.869. The molecule has 0 saturated carbocycles. The first-order chi connectivity index (χ1) is 6.35. The molecule has 0 bridgehead atoms. The molecule has 0 aromatic heterocycles. The standard InChI is InChI=1S/C9H19N3S/c1-4-6-11-9(10-5-2)12-7-8-13-3/h4H,1,5-8H2,2-3H3,(H2,10,11,12). The molecule has 0 aliphatic carbocycles. The minimum absolute atomic E-state index is 0.755. The molecule has 0 heterocycles. The van der Waals surface area contributed by atoms with Crippen molar-refractivity contribution in [2.75, 3.05) is 31.6 Å². The van der Waals surface area contributed by atoms with Crippen LogP contribution >= 0.6 is 11.8 Å². The van der Waals surface area contributed by atoms with E-state index >= 15 is 0 Å². The van der Waals surface area contributed by atoms with Crippen LogP contribution in [-0.2, 0) is 0 Å². The average molecular weight is 201 g/mol. The smallest absolute Gasteiger partial charge is 0.191 e. The van der Waals surface area contributed by atoms with E-state index in [0.717, 1.165) is 31.3 Å². The first-order valence-electron chi connectivity index (χ1n) is 4.47. The molecule has 2 N–H and O–H groups in total. The molecule has 0 aliphatic rings. The topological polar surface area (TPSA) is 36.4 Å². The van der Waals surface area contributed by atoms with E-state index < -0.39 is 0 Å². The molecule has 0 amide bonds. The Bertz CT molecular complexity index is 157. The maximum atomic E-state index is 4.37. The molecule has 0 rings (SSSR count). The van der Waals surface area contributed by atoms with Gasteiger partial charge >= 0.3 is 0 Å². The van der Waals surface area contributed by atoms with E-state index in [1.54, 1.807) is 11.8 Å². The van der Waals surface area contributed by atoms with E-state index in [1.165, 1.54) is 0 Å². The van der Waals surface area contributed by atoms with Gasteiger partial charge in [0.2, 0.25) is 0 Å². The van der Waals surface area contributed by atoms with E-state index in [-0.39, 0.29) is 0 Å². The Labute approximate surface area is 85.1 Å². The van der Waals surface area contributed by atoms with Crippen molar-refractivity contribution in [3.63, 3.8) is 0 Å². The van der Waals surface area contributed by atoms with E-state index in [4.69, 9.17) is 0 Å². The van der Waals surface area contributed by atoms with E-state index in [1.807, 2.05) is 6.08 Å². The number of thioether (sulfide) groups is 1. The molecular formula is C9H19N3S. The van der Waals surface area contributed by atoms with Crippen LogP contribution in [0.3, 0.4) is 0 Å². The Kier molecular flexibility index (Phi) is 8.98. The Hall–Kier alpha value is -0.640. The molecule has 0 aromatic rings. The van der Waals surface area contributed by atoms with Crippen molar-refractivity contribution in [1.29, 1.82) is 0 Å². The summed E-state index contributed by atoms with van der Waals surface area (Å²) in [5, 5.41) is 6.30. The van der Waals surface area contributed by atoms with E-state index in [9.17, 15) is 0 Å². The number of guanidine groups is 1. The highest BCUT2D eigenvalue weighted by molar-refractivity contribution is 7.98. The van der Waals surface area contributed by atoms with Crippen molar-refractivity contribution in [3.05, 3.63) is 12.7 Å². The van der Waals surface area contributed by atoms with Crippen LogP contribution in [0.15, 0.2) is 17.6 Å². The number of hydrogen-bond donors (Lipinski definition) is 2. The zero-order valence-corrected chi connectivity index (χ0v) is 9.28. The Morgan fingerprint density at radius 2 is 2.31 bits per heavy atom. The number of nitrogens with one attached hydrogen (secondary N) is 2. The zero-order chi connectivity index (χ0) is 9.94. The third-order valence-electron chi connectivity index (χ3n) is 1.32. The maximum Gasteiger partial charge on any atom is 0.191 e. The quantitative estimate of drug-likeness (QED) is 0.292. The minimum atomic E-state index is 0.755. The predicted octanol–water partition coefficient (Wildman–Crippen LogP) is 1.09. The Morgan fingerprint density at radius 3 is 2.85 bits per heavy atom. The number of hydrogen-bond acceptors (Lipinski definition) is 2. The van der Waals surface area contributed by atoms with E-state index in [0.29, 0.717) is 0 Å². The summed E-state index contributed by atoms with van der Waals surface area (Å²) in [7, 11) is 0. The van der Waals surface area contributed by atoms with Crippen molar-refractivity contribution >= 4 is 17.7 Å². The van der Waals surface area contributed by atoms with Crippen LogP contribution < -0.4 is 10.6 Å². The SMILES string of the molecule is C=CCNC(=NCCSC)NCC. The summed E-state index contributed by atoms with van der Waals surface area (Å²) in [5.41, 5.74) is 0. The van der Waals surface area contributed by atoms with Crippen LogP contribution in [0.1, 0.15) is 6.92 Å². The van der Waals surface area contributed by atoms with Gasteiger partial charge in [0.1, 0.15) is 0 Å². The molecule has 0 saturated heterocycles. The summed E-state index contributed by atoms with van der Waals surface area (Å²) in [4.78, 5) is 4.37. The second kappa shape index (κ2) is 9.45. The van der Waals surface area contributed by atoms with Crippen LogP contribution in [0, 0.1) is 0 Å². The third-order valence-corrected chi connectivity index (χ3v) is 1.91. The van der Waals surface area contributed by atoms with Crippen LogP contribution in [0.2, 0.25) is 0 Å². The highest BCUT2D eigenvalue weighted by Gasteiger charge is 1.92. The van der Waals surface area contributed by atoms with Crippen molar-refractivity contribution in [1.82, 2.24) is 10.6 Å². The lowest BCUT2D eigenvalue weighted by atomic mass is 10.6. The van der Waals surface area contributed by atoms with Gasteiger partial charge in [-0.05, 0) is 13.2 Å². The molecule has 0 fully saturated rings. The second-order valence-corrected chi connectivity index (χ2v) is 3.41. The third kappa shape index (κ3) is 7.71. The first kappa shape index (κ1) is 12.4. The molecule has 76 valence electrons. The number of rotatable bonds is 6. The monoisotopic (exact) mass is 201 g/mol. The van der Waals surface area contributed by atoms with Gasteiger partial charge in [0.25, 0.3) is 0 Å². The number of aliphatic imine (C=N–C) groups is 1. The number of nitrogens with zero attached hydrogens (tertiary/aromatic N) is 1. The fraction of sp³-hybridized carbons (Fsp3) is 0.667. The van der Waals surface area contributed by atoms with Gasteiger partial charge in [-0.1, -0.05) is 6.08 Å². The highest BCUT2D eigenvalue weighted by atomic mass is 32.2. The van der Waals surface area contributed by atoms with Crippen LogP contribution in [0.4, 0.5) is 0 Å². The van der Waals surface area contributed by atoms with Gasteiger partial charge in [-0.25, -0.2) is 0 Å². The average Bonchev–Trinajstić information content (AvgIpc) is 2.14. The summed E-state index contributed by atoms with van der Waals surface area (Å²) < 4.78 is 0. The molecule has 0 atom stereocenters. The molecule has 0 aromatic carbocycles. The predicted molar refractivity (Wildman–Crippen MR) is 62.6 cm³/mol. The molecule has 0 unspecified atom stereocenters. The molecule has 0 radical (unpaired) electrons. The first-order valence-corrected chi connectivity index (χ1v) is 5.86. The van der Waals surface area contributed by atoms with Gasteiger partial charge in [-0.2, -0.15) is 11.8 Å². The van der Waals surface area contributed by atoms with Crippen molar-refractivity contribution in [3.8, 4) is 0 Å². The van der Waals surface area contributed by atoms with Crippen molar-refractivity contribution in [2.24, 2.45) is 4.99 Å². The zero-order valence-electron chi connectivity index (χ0n) is 8.47. The molecule has 0 spiro atoms. The molecule has 3 nitrogen and oxygen atoms in total.